The van der Waals surface area contributed by atoms with Gasteiger partial charge < -0.3 is 26.5 Å². The van der Waals surface area contributed by atoms with Gasteiger partial charge in [-0.2, -0.15) is 0 Å². The van der Waals surface area contributed by atoms with Crippen molar-refractivity contribution in [1.29, 1.82) is 0 Å². The number of carbonyl (C=O) groups excluding carboxylic acids is 2. The van der Waals surface area contributed by atoms with E-state index in [1.807, 2.05) is 42.5 Å². The molecule has 9 aromatic rings. The maximum Gasteiger partial charge on any atom is 0.333 e. The molecule has 7 aromatic heterocycles. The predicted octanol–water partition coefficient (Wildman–Crippen LogP) is 16.6. The number of halogens is 8. The van der Waals surface area contributed by atoms with E-state index in [2.05, 4.69) is 41.6 Å². The first-order chi connectivity index (χ1) is 35.0. The number of rotatable bonds is 11. The van der Waals surface area contributed by atoms with Crippen LogP contribution in [-0.2, 0) is 31.6 Å². The summed E-state index contributed by atoms with van der Waals surface area (Å²) >= 11 is 45.7. The number of aliphatic hydroxyl groups is 1. The Kier molecular flexibility index (Phi) is 29.3. The number of hydrogen-bond donors (Lipinski definition) is 5. The number of H-pyrrole nitrogens is 1. The van der Waals surface area contributed by atoms with Crippen molar-refractivity contribution in [1.82, 2.24) is 14.9 Å². The van der Waals surface area contributed by atoms with Crippen molar-refractivity contribution in [3.8, 4) is 5.69 Å². The molecule has 0 bridgehead atoms. The first kappa shape index (κ1) is 64.2. The normalized spacial score (nSPS) is 9.93. The van der Waals surface area contributed by atoms with Crippen LogP contribution in [-0.4, -0.2) is 33.9 Å². The van der Waals surface area contributed by atoms with Crippen molar-refractivity contribution in [2.75, 3.05) is 12.4 Å². The Hall–Kier alpha value is -4.10. The Morgan fingerprint density at radius 1 is 0.770 bits per heavy atom. The zero-order chi connectivity index (χ0) is 53.5. The van der Waals surface area contributed by atoms with Gasteiger partial charge in [0.05, 0.1) is 72.9 Å². The second-order valence-electron chi connectivity index (χ2n) is 13.6. The van der Waals surface area contributed by atoms with E-state index in [0.717, 1.165) is 59.1 Å². The Bertz CT molecular complexity index is 3250. The number of aliphatic hydroxyl groups excluding tert-OH is 1. The van der Waals surface area contributed by atoms with Gasteiger partial charge in [0, 0.05) is 53.8 Å². The number of nitrogens with zero attached hydrogens (tertiary/aromatic N) is 4. The van der Waals surface area contributed by atoms with E-state index in [1.54, 1.807) is 41.7 Å². The standard InChI is InChI=1S/C21H16ClFN4O3S.C5H4BrClS.C5H4ClN3S.C5H6ClNS.C5H5ClOS.C5H3ClOS.CH4/c1-24-17-9-16-14(8-15(17)23)20(29)27(21(30)26-16)12-4-2-11(3-5-12)19(28)25-10-13-6-7-18(22)31-13;6-3-4-1-2-5(7)8-4;6-5-2-1-4(10-5)3-8-9-7;3*6-5-2-1-4(3-7)8-5;/h2-9,24H,10H2,1H3,(H,25,28)(H,26,30);1-2H,3H2;1-2H,3H2;1-2H,3,7H2;1-2,7H,3H2;1-3H;1H4. The third-order valence-electron chi connectivity index (χ3n) is 8.70. The van der Waals surface area contributed by atoms with Crippen molar-refractivity contribution in [2.24, 2.45) is 10.8 Å². The number of aldehydes is 1. The molecule has 0 saturated heterocycles. The quantitative estimate of drug-likeness (QED) is 0.0278. The Morgan fingerprint density at radius 2 is 1.27 bits per heavy atom. The number of nitrogens with two attached hydrogens (primary N) is 1. The average molecular weight is 1300 g/mol. The van der Waals surface area contributed by atoms with E-state index < -0.39 is 17.1 Å². The third kappa shape index (κ3) is 21.5. The molecule has 392 valence electrons. The number of aromatic amines is 1. The highest BCUT2D eigenvalue weighted by Gasteiger charge is 2.14. The van der Waals surface area contributed by atoms with Crippen LogP contribution in [0, 0.1) is 5.82 Å². The van der Waals surface area contributed by atoms with E-state index in [-0.39, 0.29) is 42.2 Å². The molecule has 0 aliphatic carbocycles. The Labute approximate surface area is 486 Å². The monoisotopic (exact) mass is 1300 g/mol. The minimum absolute atomic E-state index is 0. The molecule has 7 heterocycles. The van der Waals surface area contributed by atoms with Crippen LogP contribution in [0.1, 0.15) is 51.8 Å². The van der Waals surface area contributed by atoms with Crippen LogP contribution < -0.4 is 27.6 Å². The van der Waals surface area contributed by atoms with Crippen molar-refractivity contribution in [3.05, 3.63) is 207 Å². The maximum atomic E-state index is 14.1. The smallest absolute Gasteiger partial charge is 0.333 e. The SMILES string of the molecule is C.CNc1cc2[nH]c(=O)n(-c3ccc(C(=O)NCc4ccc(Cl)s4)cc3)c(=O)c2cc1F.Clc1ccc(CBr)s1.NCc1ccc(Cl)s1.O=Cc1ccc(Cl)s1.OCc1ccc(Cl)s1.[N-]=[N+]=NCc1ccc(Cl)s1. The highest BCUT2D eigenvalue weighted by atomic mass is 79.9. The van der Waals surface area contributed by atoms with E-state index in [9.17, 15) is 23.6 Å². The fourth-order valence-corrected chi connectivity index (χ4v) is 11.7. The topological polar surface area (TPSA) is 208 Å². The molecule has 0 saturated carbocycles. The van der Waals surface area contributed by atoms with E-state index >= 15 is 0 Å². The number of azide groups is 1. The number of amides is 1. The van der Waals surface area contributed by atoms with Gasteiger partial charge in [0.2, 0.25) is 0 Å². The van der Waals surface area contributed by atoms with Crippen LogP contribution in [0.3, 0.4) is 0 Å². The summed E-state index contributed by atoms with van der Waals surface area (Å²) in [5.74, 6) is -0.915. The number of benzene rings is 2. The lowest BCUT2D eigenvalue weighted by atomic mass is 10.1. The lowest BCUT2D eigenvalue weighted by molar-refractivity contribution is 0.0951. The van der Waals surface area contributed by atoms with Gasteiger partial charge in [0.1, 0.15) is 5.82 Å². The largest absolute Gasteiger partial charge is 0.391 e. The molecule has 2 aromatic carbocycles. The highest BCUT2D eigenvalue weighted by molar-refractivity contribution is 9.08. The van der Waals surface area contributed by atoms with Gasteiger partial charge in [0.25, 0.3) is 11.5 Å². The summed E-state index contributed by atoms with van der Waals surface area (Å²) in [6.07, 6.45) is 0.788. The van der Waals surface area contributed by atoms with Crippen LogP contribution in [0.25, 0.3) is 27.0 Å². The molecule has 0 atom stereocenters. The third-order valence-corrected chi connectivity index (χ3v) is 17.0. The summed E-state index contributed by atoms with van der Waals surface area (Å²) in [6.45, 7) is 1.42. The zero-order valence-corrected chi connectivity index (χ0v) is 48.4. The molecule has 27 heteroatoms. The highest BCUT2D eigenvalue weighted by Crippen LogP contribution is 2.25. The van der Waals surface area contributed by atoms with Gasteiger partial charge in [-0.25, -0.2) is 13.8 Å². The van der Waals surface area contributed by atoms with Gasteiger partial charge in [-0.05, 0) is 115 Å². The molecule has 74 heavy (non-hydrogen) atoms. The summed E-state index contributed by atoms with van der Waals surface area (Å²) in [5, 5.41) is 18.3. The van der Waals surface area contributed by atoms with Crippen molar-refractivity contribution in [3.63, 3.8) is 0 Å². The number of hydrogen-bond acceptors (Lipinski definition) is 14. The van der Waals surface area contributed by atoms with Crippen molar-refractivity contribution in [2.45, 2.75) is 39.0 Å². The molecular formula is C47H42BrCl6FN8O5S6. The number of carbonyl (C=O) groups is 2. The van der Waals surface area contributed by atoms with Crippen LogP contribution in [0.15, 0.2) is 124 Å². The van der Waals surface area contributed by atoms with Gasteiger partial charge in [-0.3, -0.25) is 14.4 Å². The summed E-state index contributed by atoms with van der Waals surface area (Å²) in [7, 11) is 1.54. The molecule has 9 rings (SSSR count). The van der Waals surface area contributed by atoms with Crippen molar-refractivity contribution >= 4 is 182 Å². The first-order valence-corrected chi connectivity index (χ1v) is 28.6. The summed E-state index contributed by atoms with van der Waals surface area (Å²) in [4.78, 5) is 58.8. The number of fused-ring (bicyclic) bond motifs is 1. The van der Waals surface area contributed by atoms with Crippen molar-refractivity contribution < 1.29 is 19.1 Å². The van der Waals surface area contributed by atoms with Crippen LogP contribution >= 0.6 is 154 Å². The Balaban J connectivity index is 0.000000272. The average Bonchev–Trinajstić information content (AvgIpc) is 4.28. The van der Waals surface area contributed by atoms with Crippen LogP contribution in [0.4, 0.5) is 10.1 Å². The fraction of sp³-hybridized carbons (Fsp3) is 0.149. The molecule has 0 unspecified atom stereocenters. The molecule has 0 fully saturated rings. The number of anilines is 1. The van der Waals surface area contributed by atoms with Crippen LogP contribution in [0.5, 0.6) is 0 Å². The van der Waals surface area contributed by atoms with E-state index in [0.29, 0.717) is 38.7 Å². The van der Waals surface area contributed by atoms with Gasteiger partial charge in [0.15, 0.2) is 6.29 Å². The molecule has 0 spiro atoms. The summed E-state index contributed by atoms with van der Waals surface area (Å²) < 4.78 is 19.4. The predicted molar refractivity (Wildman–Crippen MR) is 318 cm³/mol. The lowest BCUT2D eigenvalue weighted by Gasteiger charge is -2.09. The van der Waals surface area contributed by atoms with Crippen LogP contribution in [0.2, 0.25) is 26.0 Å². The molecule has 1 amide bonds. The summed E-state index contributed by atoms with van der Waals surface area (Å²) in [5.41, 5.74) is 13.0. The van der Waals surface area contributed by atoms with E-state index in [1.165, 1.54) is 98.9 Å². The number of thiophene rings is 6. The first-order valence-electron chi connectivity index (χ1n) is 20.3. The zero-order valence-electron chi connectivity index (χ0n) is 37.4. The van der Waals surface area contributed by atoms with E-state index in [4.69, 9.17) is 86.0 Å². The molecule has 13 nitrogen and oxygen atoms in total. The minimum atomic E-state index is -0.669. The molecule has 0 aliphatic heterocycles. The Morgan fingerprint density at radius 3 is 1.66 bits per heavy atom. The fourth-order valence-electron chi connectivity index (χ4n) is 5.39. The second kappa shape index (κ2) is 33.8. The summed E-state index contributed by atoms with van der Waals surface area (Å²) in [6, 6.07) is 30.3. The maximum absolute atomic E-state index is 14.1. The number of alkyl halides is 1. The van der Waals surface area contributed by atoms with Gasteiger partial charge in [-0.1, -0.05) is 98.1 Å². The lowest BCUT2D eigenvalue weighted by Crippen LogP contribution is -2.33. The van der Waals surface area contributed by atoms with Gasteiger partial charge >= 0.3 is 5.69 Å². The molecule has 0 aliphatic rings. The molecule has 6 N–H and O–H groups in total. The minimum Gasteiger partial charge on any atom is -0.391 e. The molecule has 0 radical (unpaired) electrons. The van der Waals surface area contributed by atoms with Gasteiger partial charge in [-0.15, -0.1) is 68.0 Å². The number of nitrogens with one attached hydrogen (secondary N) is 3. The second-order valence-corrected chi connectivity index (χ2v) is 24.9. The molecular weight excluding hydrogens is 1260 g/mol. The number of aromatic nitrogens is 2.